The van der Waals surface area contributed by atoms with Gasteiger partial charge in [-0.1, -0.05) is 127 Å². The molecule has 0 fully saturated rings. The molecule has 0 radical (unpaired) electrons. The number of nitrogens with one attached hydrogen (secondary N) is 1. The van der Waals surface area contributed by atoms with Crippen LogP contribution in [0.4, 0.5) is 0 Å². The highest BCUT2D eigenvalue weighted by Crippen LogP contribution is 2.41. The van der Waals surface area contributed by atoms with Gasteiger partial charge >= 0.3 is 0 Å². The Morgan fingerprint density at radius 2 is 1.15 bits per heavy atom. The molecule has 1 aliphatic rings. The average Bonchev–Trinajstić information content (AvgIpc) is 3.67. The second-order valence-corrected chi connectivity index (χ2v) is 12.3. The molecular formula is C43H28N4. The number of hydrogen-bond acceptors (Lipinski definition) is 3. The Labute approximate surface area is 271 Å². The molecule has 2 aromatic heterocycles. The fraction of sp³-hybridized carbons (Fsp3) is 0.0233. The van der Waals surface area contributed by atoms with Gasteiger partial charge in [-0.05, 0) is 57.3 Å². The van der Waals surface area contributed by atoms with E-state index in [1.54, 1.807) is 6.34 Å². The highest BCUT2D eigenvalue weighted by molar-refractivity contribution is 6.23. The maximum Gasteiger partial charge on any atom is 0.169 e. The van der Waals surface area contributed by atoms with E-state index in [-0.39, 0.29) is 6.17 Å². The highest BCUT2D eigenvalue weighted by Gasteiger charge is 2.20. The van der Waals surface area contributed by atoms with Crippen molar-refractivity contribution in [2.24, 2.45) is 9.98 Å². The second kappa shape index (κ2) is 10.1. The number of benzene rings is 7. The van der Waals surface area contributed by atoms with Crippen molar-refractivity contribution in [1.82, 2.24) is 9.72 Å². The lowest BCUT2D eigenvalue weighted by molar-refractivity contribution is 0.765. The molecule has 10 rings (SSSR count). The molecule has 1 N–H and O–H groups in total. The fourth-order valence-electron chi connectivity index (χ4n) is 7.44. The minimum Gasteiger partial charge on any atom is -0.331 e. The van der Waals surface area contributed by atoms with Gasteiger partial charge < -0.3 is 9.72 Å². The van der Waals surface area contributed by atoms with Gasteiger partial charge in [0.25, 0.3) is 0 Å². The summed E-state index contributed by atoms with van der Waals surface area (Å²) < 4.78 is 2.44. The molecule has 1 unspecified atom stereocenters. The van der Waals surface area contributed by atoms with E-state index in [0.29, 0.717) is 0 Å². The zero-order chi connectivity index (χ0) is 30.9. The molecule has 0 bridgehead atoms. The van der Waals surface area contributed by atoms with E-state index in [1.807, 2.05) is 18.2 Å². The fourth-order valence-corrected chi connectivity index (χ4v) is 7.44. The van der Waals surface area contributed by atoms with Gasteiger partial charge in [-0.3, -0.25) is 0 Å². The molecule has 0 aliphatic carbocycles. The average molecular weight is 601 g/mol. The van der Waals surface area contributed by atoms with Crippen LogP contribution in [0, 0.1) is 0 Å². The van der Waals surface area contributed by atoms with E-state index in [0.717, 1.165) is 28.1 Å². The number of rotatable bonds is 4. The lowest BCUT2D eigenvalue weighted by Crippen LogP contribution is -2.27. The number of nitrogens with zero attached hydrogens (tertiary/aromatic N) is 3. The third kappa shape index (κ3) is 4.01. The molecule has 0 saturated heterocycles. The number of aliphatic imine (C=N–C) groups is 2. The number of hydrogen-bond donors (Lipinski definition) is 1. The Hall–Kier alpha value is -6.26. The summed E-state index contributed by atoms with van der Waals surface area (Å²) in [6, 6.07) is 54.5. The van der Waals surface area contributed by atoms with Crippen LogP contribution in [-0.4, -0.2) is 16.6 Å². The predicted molar refractivity (Wildman–Crippen MR) is 197 cm³/mol. The standard InChI is InChI=1S/C43H28N4/c1-2-9-29(10-3-1)42-44-26-45-43(46-42)38-24-31-12-5-4-11-30(31)23-37(38)28-19-17-27(18-20-28)32-21-22-34-36-15-8-14-35-33-13-6-7-16-39(33)47(41(35)36)40(34)25-32/h1-26,43H,(H,44,45,46). The molecule has 1 atom stereocenters. The van der Waals surface area contributed by atoms with E-state index >= 15 is 0 Å². The molecule has 220 valence electrons. The molecule has 9 aromatic rings. The van der Waals surface area contributed by atoms with Crippen LogP contribution in [-0.2, 0) is 0 Å². The lowest BCUT2D eigenvalue weighted by atomic mass is 9.92. The summed E-state index contributed by atoms with van der Waals surface area (Å²) in [5, 5.41) is 10.8. The zero-order valence-corrected chi connectivity index (χ0v) is 25.4. The Balaban J connectivity index is 1.09. The summed E-state index contributed by atoms with van der Waals surface area (Å²) in [6.45, 7) is 0. The number of amidine groups is 1. The Morgan fingerprint density at radius 1 is 0.489 bits per heavy atom. The summed E-state index contributed by atoms with van der Waals surface area (Å²) in [5.74, 6) is 0.826. The smallest absolute Gasteiger partial charge is 0.169 e. The van der Waals surface area contributed by atoms with E-state index in [1.165, 1.54) is 60.0 Å². The van der Waals surface area contributed by atoms with Gasteiger partial charge in [0.2, 0.25) is 0 Å². The molecule has 4 nitrogen and oxygen atoms in total. The normalized spacial score (nSPS) is 14.8. The zero-order valence-electron chi connectivity index (χ0n) is 25.4. The third-order valence-electron chi connectivity index (χ3n) is 9.66. The minimum absolute atomic E-state index is 0.350. The quantitative estimate of drug-likeness (QED) is 0.215. The van der Waals surface area contributed by atoms with Crippen molar-refractivity contribution in [3.05, 3.63) is 163 Å². The van der Waals surface area contributed by atoms with Crippen LogP contribution in [0.5, 0.6) is 0 Å². The highest BCUT2D eigenvalue weighted by atomic mass is 15.2. The van der Waals surface area contributed by atoms with Crippen LogP contribution < -0.4 is 5.32 Å². The Kier molecular flexibility index (Phi) is 5.60. The molecule has 7 aromatic carbocycles. The summed E-state index contributed by atoms with van der Waals surface area (Å²) >= 11 is 0. The molecule has 47 heavy (non-hydrogen) atoms. The van der Waals surface area contributed by atoms with Gasteiger partial charge in [0.15, 0.2) is 6.17 Å². The molecule has 0 spiro atoms. The summed E-state index contributed by atoms with van der Waals surface area (Å²) in [5.41, 5.74) is 10.6. The number of aromatic nitrogens is 1. The van der Waals surface area contributed by atoms with Crippen LogP contribution in [0.3, 0.4) is 0 Å². The van der Waals surface area contributed by atoms with Crippen LogP contribution in [0.1, 0.15) is 17.3 Å². The summed E-state index contributed by atoms with van der Waals surface area (Å²) in [6.07, 6.45) is 1.42. The molecule has 1 aliphatic heterocycles. The van der Waals surface area contributed by atoms with Crippen molar-refractivity contribution in [2.45, 2.75) is 6.17 Å². The summed E-state index contributed by atoms with van der Waals surface area (Å²) in [4.78, 5) is 9.86. The van der Waals surface area contributed by atoms with E-state index < -0.39 is 0 Å². The maximum atomic E-state index is 5.07. The first-order valence-corrected chi connectivity index (χ1v) is 16.0. The Bertz CT molecular complexity index is 2700. The molecular weight excluding hydrogens is 573 g/mol. The largest absolute Gasteiger partial charge is 0.331 e. The van der Waals surface area contributed by atoms with Crippen molar-refractivity contribution in [1.29, 1.82) is 0 Å². The van der Waals surface area contributed by atoms with Gasteiger partial charge in [0.05, 0.1) is 22.9 Å². The van der Waals surface area contributed by atoms with E-state index in [4.69, 9.17) is 9.98 Å². The first-order valence-electron chi connectivity index (χ1n) is 16.0. The lowest BCUT2D eigenvalue weighted by Gasteiger charge is -2.20. The second-order valence-electron chi connectivity index (χ2n) is 12.3. The van der Waals surface area contributed by atoms with Gasteiger partial charge in [-0.25, -0.2) is 9.98 Å². The van der Waals surface area contributed by atoms with Crippen LogP contribution >= 0.6 is 0 Å². The maximum absolute atomic E-state index is 5.07. The molecule has 0 saturated carbocycles. The monoisotopic (exact) mass is 600 g/mol. The third-order valence-corrected chi connectivity index (χ3v) is 9.66. The van der Waals surface area contributed by atoms with E-state index in [2.05, 4.69) is 143 Å². The molecule has 4 heteroatoms. The van der Waals surface area contributed by atoms with Crippen LogP contribution in [0.15, 0.2) is 162 Å². The number of para-hydroxylation sites is 2. The van der Waals surface area contributed by atoms with Crippen molar-refractivity contribution in [2.75, 3.05) is 0 Å². The van der Waals surface area contributed by atoms with Crippen molar-refractivity contribution in [3.8, 4) is 22.3 Å². The molecule has 0 amide bonds. The van der Waals surface area contributed by atoms with Crippen molar-refractivity contribution in [3.63, 3.8) is 0 Å². The first-order chi connectivity index (χ1) is 23.3. The van der Waals surface area contributed by atoms with Crippen molar-refractivity contribution < 1.29 is 0 Å². The van der Waals surface area contributed by atoms with Crippen LogP contribution in [0.2, 0.25) is 0 Å². The first kappa shape index (κ1) is 26.0. The minimum atomic E-state index is -0.350. The SMILES string of the molecule is C1=NC(c2cc3ccccc3cc2-c2ccc(-c3ccc4c5cccc6c7ccccc7n(c4c3)c65)cc2)N=C(c2ccccc2)N1. The summed E-state index contributed by atoms with van der Waals surface area (Å²) in [7, 11) is 0. The van der Waals surface area contributed by atoms with Crippen molar-refractivity contribution >= 4 is 61.0 Å². The molecule has 3 heterocycles. The van der Waals surface area contributed by atoms with Crippen LogP contribution in [0.25, 0.3) is 71.1 Å². The predicted octanol–water partition coefficient (Wildman–Crippen LogP) is 10.4. The van der Waals surface area contributed by atoms with E-state index in [9.17, 15) is 0 Å². The van der Waals surface area contributed by atoms with Gasteiger partial charge in [0.1, 0.15) is 5.84 Å². The Morgan fingerprint density at radius 3 is 1.98 bits per heavy atom. The topological polar surface area (TPSA) is 41.2 Å². The number of fused-ring (bicyclic) bond motifs is 7. The van der Waals surface area contributed by atoms with Gasteiger partial charge in [0, 0.05) is 32.7 Å². The van der Waals surface area contributed by atoms with Gasteiger partial charge in [-0.15, -0.1) is 0 Å². The van der Waals surface area contributed by atoms with Gasteiger partial charge in [-0.2, -0.15) is 0 Å².